The van der Waals surface area contributed by atoms with E-state index < -0.39 is 62.9 Å². The summed E-state index contributed by atoms with van der Waals surface area (Å²) in [5, 5.41) is 2.53. The van der Waals surface area contributed by atoms with Gasteiger partial charge in [0.1, 0.15) is 4.75 Å². The van der Waals surface area contributed by atoms with Crippen molar-refractivity contribution in [3.8, 4) is 0 Å². The normalized spacial score (nSPS) is 27.4. The summed E-state index contributed by atoms with van der Waals surface area (Å²) in [5.41, 5.74) is -2.64. The Kier molecular flexibility index (Phi) is 5.55. The third-order valence-corrected chi connectivity index (χ3v) is 7.15. The molecule has 3 aliphatic rings. The largest absolute Gasteiger partial charge is 0.593 e. The summed E-state index contributed by atoms with van der Waals surface area (Å²) in [4.78, 5) is 12.8. The summed E-state index contributed by atoms with van der Waals surface area (Å²) < 4.78 is 92.9. The Hall–Kier alpha value is -1.62. The smallest absolute Gasteiger partial charge is 0.416 e. The second-order valence-electron chi connectivity index (χ2n) is 9.00. The van der Waals surface area contributed by atoms with Gasteiger partial charge in [0.05, 0.1) is 34.1 Å². The summed E-state index contributed by atoms with van der Waals surface area (Å²) in [5.74, 6) is -3.03. The van der Waals surface area contributed by atoms with E-state index in [4.69, 9.17) is 0 Å². The number of benzene rings is 1. The number of alkyl halides is 6. The van der Waals surface area contributed by atoms with Crippen LogP contribution in [0.2, 0.25) is 0 Å². The minimum Gasteiger partial charge on any atom is -0.593 e. The lowest BCUT2D eigenvalue weighted by Gasteiger charge is -2.39. The van der Waals surface area contributed by atoms with E-state index in [9.17, 15) is 35.7 Å². The summed E-state index contributed by atoms with van der Waals surface area (Å²) >= 11 is -1.72. The molecule has 4 nitrogen and oxygen atoms in total. The highest BCUT2D eigenvalue weighted by molar-refractivity contribution is 7.94. The first-order chi connectivity index (χ1) is 13.5. The number of nitrogens with one attached hydrogen (secondary N) is 2. The van der Waals surface area contributed by atoms with E-state index >= 15 is 0 Å². The second kappa shape index (κ2) is 7.22. The highest BCUT2D eigenvalue weighted by Gasteiger charge is 2.64. The molecule has 0 radical (unpaired) electrons. The molecule has 0 spiro atoms. The van der Waals surface area contributed by atoms with Crippen LogP contribution in [0.4, 0.5) is 32.0 Å². The van der Waals surface area contributed by atoms with Crippen molar-refractivity contribution in [2.75, 3.05) is 4.72 Å². The fourth-order valence-electron chi connectivity index (χ4n) is 4.08. The molecule has 3 aliphatic carbocycles. The summed E-state index contributed by atoms with van der Waals surface area (Å²) in [6.45, 7) is 4.93. The number of hydrogen-bond donors (Lipinski definition) is 2. The highest BCUT2D eigenvalue weighted by atomic mass is 32.2. The first kappa shape index (κ1) is 23.1. The molecular weight excluding hydrogens is 434 g/mol. The second-order valence-corrected chi connectivity index (χ2v) is 11.0. The average molecular weight is 456 g/mol. The van der Waals surface area contributed by atoms with Crippen molar-refractivity contribution in [1.29, 1.82) is 0 Å². The molecule has 2 bridgehead atoms. The van der Waals surface area contributed by atoms with Crippen molar-refractivity contribution in [3.63, 3.8) is 0 Å². The van der Waals surface area contributed by atoms with Crippen LogP contribution in [-0.4, -0.2) is 26.9 Å². The standard InChI is InChI=1S/C19H22F6N2O2S/c1-16(2,3)30(29)27-14-5-4-11(18(20,21)22)6-12(14)15(28)26-17-7-10(8-17)13(9-17)19(23,24)25/h4-6,10,13,27H,7-9H2,1-3H3,(H,26,28). The molecule has 0 aliphatic heterocycles. The number of carbonyl (C=O) groups is 1. The lowest BCUT2D eigenvalue weighted by Crippen LogP contribution is -2.52. The molecule has 3 saturated carbocycles. The molecule has 1 aromatic rings. The predicted molar refractivity (Wildman–Crippen MR) is 100 cm³/mol. The van der Waals surface area contributed by atoms with Crippen LogP contribution in [0.25, 0.3) is 0 Å². The van der Waals surface area contributed by atoms with Gasteiger partial charge in [-0.25, -0.2) is 4.72 Å². The number of hydrogen-bond acceptors (Lipinski definition) is 3. The molecule has 3 fully saturated rings. The van der Waals surface area contributed by atoms with Gasteiger partial charge in [0.2, 0.25) is 0 Å². The maximum atomic E-state index is 13.1. The Morgan fingerprint density at radius 1 is 1.10 bits per heavy atom. The number of rotatable bonds is 4. The number of fused-ring (bicyclic) bond motifs is 1. The Morgan fingerprint density at radius 3 is 2.17 bits per heavy atom. The maximum Gasteiger partial charge on any atom is 0.416 e. The number of carbonyl (C=O) groups excluding carboxylic acids is 1. The molecule has 1 amide bonds. The number of halogens is 6. The zero-order valence-electron chi connectivity index (χ0n) is 16.5. The van der Waals surface area contributed by atoms with E-state index in [-0.39, 0.29) is 24.9 Å². The van der Waals surface area contributed by atoms with E-state index in [1.807, 2.05) is 0 Å². The molecule has 1 aromatic carbocycles. The van der Waals surface area contributed by atoms with E-state index in [2.05, 4.69) is 10.0 Å². The Labute approximate surface area is 173 Å². The zero-order chi connectivity index (χ0) is 22.7. The monoisotopic (exact) mass is 456 g/mol. The molecular formula is C19H22F6N2O2S. The fraction of sp³-hybridized carbons (Fsp3) is 0.632. The van der Waals surface area contributed by atoms with E-state index in [0.717, 1.165) is 12.1 Å². The van der Waals surface area contributed by atoms with Gasteiger partial charge in [-0.2, -0.15) is 26.3 Å². The molecule has 11 heteroatoms. The molecule has 4 rings (SSSR count). The quantitative estimate of drug-likeness (QED) is 0.493. The first-order valence-corrected chi connectivity index (χ1v) is 10.5. The Balaban J connectivity index is 1.86. The molecule has 0 saturated heterocycles. The Morgan fingerprint density at radius 2 is 1.70 bits per heavy atom. The number of anilines is 1. The van der Waals surface area contributed by atoms with Crippen molar-refractivity contribution in [2.24, 2.45) is 11.8 Å². The minimum atomic E-state index is -4.72. The Bertz CT molecular complexity index is 828. The molecule has 2 unspecified atom stereocenters. The van der Waals surface area contributed by atoms with Gasteiger partial charge in [0.25, 0.3) is 5.91 Å². The number of amides is 1. The van der Waals surface area contributed by atoms with Crippen molar-refractivity contribution in [3.05, 3.63) is 29.3 Å². The van der Waals surface area contributed by atoms with E-state index in [1.54, 1.807) is 20.8 Å². The van der Waals surface area contributed by atoms with Crippen LogP contribution in [0, 0.1) is 11.8 Å². The van der Waals surface area contributed by atoms with Crippen molar-refractivity contribution >= 4 is 23.0 Å². The van der Waals surface area contributed by atoms with Gasteiger partial charge in [0.15, 0.2) is 0 Å². The molecule has 2 N–H and O–H groups in total. The topological polar surface area (TPSA) is 64.2 Å². The molecule has 0 aromatic heterocycles. The lowest BCUT2D eigenvalue weighted by molar-refractivity contribution is -0.180. The van der Waals surface area contributed by atoms with Gasteiger partial charge in [-0.1, -0.05) is 0 Å². The van der Waals surface area contributed by atoms with Crippen molar-refractivity contribution < 1.29 is 35.7 Å². The third kappa shape index (κ3) is 4.51. The third-order valence-electron chi connectivity index (χ3n) is 5.64. The highest BCUT2D eigenvalue weighted by Crippen LogP contribution is 2.60. The van der Waals surface area contributed by atoms with Gasteiger partial charge in [-0.15, -0.1) is 0 Å². The lowest BCUT2D eigenvalue weighted by atomic mass is 9.76. The molecule has 168 valence electrons. The van der Waals surface area contributed by atoms with Gasteiger partial charge < -0.3 is 9.87 Å². The van der Waals surface area contributed by atoms with Crippen LogP contribution in [0.1, 0.15) is 56.0 Å². The van der Waals surface area contributed by atoms with Crippen molar-refractivity contribution in [2.45, 2.75) is 62.7 Å². The average Bonchev–Trinajstić information content (AvgIpc) is 3.08. The predicted octanol–water partition coefficient (Wildman–Crippen LogP) is 5.04. The zero-order valence-corrected chi connectivity index (χ0v) is 17.3. The molecule has 2 atom stereocenters. The van der Waals surface area contributed by atoms with Crippen LogP contribution in [0.3, 0.4) is 0 Å². The van der Waals surface area contributed by atoms with Gasteiger partial charge in [0, 0.05) is 5.54 Å². The van der Waals surface area contributed by atoms with Crippen LogP contribution in [0.15, 0.2) is 18.2 Å². The maximum absolute atomic E-state index is 13.1. The first-order valence-electron chi connectivity index (χ1n) is 9.31. The van der Waals surface area contributed by atoms with Crippen LogP contribution in [-0.2, 0) is 17.5 Å². The van der Waals surface area contributed by atoms with Gasteiger partial charge >= 0.3 is 12.4 Å². The summed E-state index contributed by atoms with van der Waals surface area (Å²) in [6.07, 6.45) is -9.11. The molecule has 0 heterocycles. The van der Waals surface area contributed by atoms with Crippen LogP contribution >= 0.6 is 0 Å². The van der Waals surface area contributed by atoms with Gasteiger partial charge in [-0.05, 0) is 64.2 Å². The fourth-order valence-corrected chi connectivity index (χ4v) is 4.76. The van der Waals surface area contributed by atoms with E-state index in [1.165, 1.54) is 0 Å². The van der Waals surface area contributed by atoms with Crippen LogP contribution < -0.4 is 10.0 Å². The van der Waals surface area contributed by atoms with E-state index in [0.29, 0.717) is 6.07 Å². The summed E-state index contributed by atoms with van der Waals surface area (Å²) in [6, 6.07) is 2.39. The summed E-state index contributed by atoms with van der Waals surface area (Å²) in [7, 11) is 0. The van der Waals surface area contributed by atoms with Crippen molar-refractivity contribution in [1.82, 2.24) is 5.32 Å². The minimum absolute atomic E-state index is 0.0774. The van der Waals surface area contributed by atoms with Gasteiger partial charge in [-0.3, -0.25) is 4.79 Å². The SMILES string of the molecule is CC(C)(C)[S+]([O-])Nc1ccc(C(F)(F)F)cc1C(=O)NC12CC(C1)C(C(F)(F)F)C2. The van der Waals surface area contributed by atoms with Crippen LogP contribution in [0.5, 0.6) is 0 Å². The molecule has 30 heavy (non-hydrogen) atoms.